The lowest BCUT2D eigenvalue weighted by Gasteiger charge is -2.23. The van der Waals surface area contributed by atoms with Crippen LogP contribution in [0.25, 0.3) is 11.2 Å². The van der Waals surface area contributed by atoms with Crippen LogP contribution in [0.15, 0.2) is 41.5 Å². The van der Waals surface area contributed by atoms with E-state index in [1.165, 1.54) is 15.8 Å². The van der Waals surface area contributed by atoms with E-state index in [9.17, 15) is 24.0 Å². The van der Waals surface area contributed by atoms with Crippen molar-refractivity contribution in [3.63, 3.8) is 0 Å². The Balaban J connectivity index is 1.56. The summed E-state index contributed by atoms with van der Waals surface area (Å²) in [6.45, 7) is 7.22. The maximum atomic E-state index is 13.2. The summed E-state index contributed by atoms with van der Waals surface area (Å²) < 4.78 is 16.8. The minimum atomic E-state index is -0.695. The summed E-state index contributed by atoms with van der Waals surface area (Å²) in [5.41, 5.74) is -0.00450. The molecule has 0 unspecified atom stereocenters. The molecule has 3 amide bonds. The van der Waals surface area contributed by atoms with Gasteiger partial charge in [-0.3, -0.25) is 14.6 Å². The number of amides is 3. The molecule has 0 aliphatic rings. The van der Waals surface area contributed by atoms with E-state index in [0.29, 0.717) is 30.8 Å². The Bertz CT molecular complexity index is 1500. The van der Waals surface area contributed by atoms with E-state index in [0.717, 1.165) is 5.56 Å². The first kappa shape index (κ1) is 34.3. The van der Waals surface area contributed by atoms with E-state index in [2.05, 4.69) is 30.9 Å². The highest BCUT2D eigenvalue weighted by molar-refractivity contribution is 5.86. The third-order valence-electron chi connectivity index (χ3n) is 5.96. The molecule has 0 saturated carbocycles. The molecule has 0 aliphatic carbocycles. The van der Waals surface area contributed by atoms with Crippen LogP contribution in [0.4, 0.5) is 15.4 Å². The molecular weight excluding hydrogens is 588 g/mol. The smallest absolute Gasteiger partial charge is 0.407 e. The number of nitrogens with one attached hydrogen (secondary N) is 4. The minimum absolute atomic E-state index is 0.00181. The van der Waals surface area contributed by atoms with Gasteiger partial charge in [0.15, 0.2) is 5.65 Å². The second-order valence-corrected chi connectivity index (χ2v) is 10.8. The van der Waals surface area contributed by atoms with Crippen LogP contribution in [-0.4, -0.2) is 93.4 Å². The van der Waals surface area contributed by atoms with Crippen LogP contribution in [0, 0.1) is 0 Å². The van der Waals surface area contributed by atoms with Crippen molar-refractivity contribution in [3.8, 4) is 0 Å². The van der Waals surface area contributed by atoms with Crippen molar-refractivity contribution in [2.24, 2.45) is 0 Å². The number of esters is 1. The monoisotopic (exact) mass is 628 g/mol. The topological polar surface area (TPSA) is 199 Å². The van der Waals surface area contributed by atoms with Crippen LogP contribution in [0.3, 0.4) is 0 Å². The normalized spacial score (nSPS) is 11.0. The zero-order chi connectivity index (χ0) is 32.8. The van der Waals surface area contributed by atoms with Gasteiger partial charge in [0.2, 0.25) is 5.91 Å². The van der Waals surface area contributed by atoms with E-state index in [1.807, 2.05) is 30.3 Å². The maximum absolute atomic E-state index is 13.2. The number of H-pyrrole nitrogens is 1. The molecule has 0 bridgehead atoms. The highest BCUT2D eigenvalue weighted by atomic mass is 16.6. The fourth-order valence-electron chi connectivity index (χ4n) is 3.98. The summed E-state index contributed by atoms with van der Waals surface area (Å²) in [7, 11) is 0. The molecule has 16 nitrogen and oxygen atoms in total. The molecule has 1 aromatic carbocycles. The molecule has 16 heteroatoms. The fourth-order valence-corrected chi connectivity index (χ4v) is 3.98. The number of rotatable bonds is 15. The summed E-state index contributed by atoms with van der Waals surface area (Å²) in [5.74, 6) is -0.804. The molecule has 0 saturated heterocycles. The van der Waals surface area contributed by atoms with Crippen molar-refractivity contribution in [2.45, 2.75) is 52.9 Å². The van der Waals surface area contributed by atoms with Gasteiger partial charge in [0.25, 0.3) is 0 Å². The number of aromatic amines is 1. The molecule has 244 valence electrons. The van der Waals surface area contributed by atoms with Gasteiger partial charge in [-0.2, -0.15) is 4.98 Å². The maximum Gasteiger partial charge on any atom is 0.407 e. The quantitative estimate of drug-likeness (QED) is 0.109. The molecule has 4 N–H and O–H groups in total. The van der Waals surface area contributed by atoms with E-state index in [-0.39, 0.29) is 45.0 Å². The van der Waals surface area contributed by atoms with Gasteiger partial charge in [-0.15, -0.1) is 0 Å². The molecule has 2 aromatic heterocycles. The number of aromatic nitrogens is 4. The predicted molar refractivity (Wildman–Crippen MR) is 163 cm³/mol. The minimum Gasteiger partial charge on any atom is -0.465 e. The average molecular weight is 629 g/mol. The first-order valence-corrected chi connectivity index (χ1v) is 14.5. The third kappa shape index (κ3) is 11.8. The van der Waals surface area contributed by atoms with Gasteiger partial charge < -0.3 is 39.6 Å². The van der Waals surface area contributed by atoms with Crippen molar-refractivity contribution < 1.29 is 33.4 Å². The summed E-state index contributed by atoms with van der Waals surface area (Å²) >= 11 is 0. The van der Waals surface area contributed by atoms with E-state index in [4.69, 9.17) is 14.2 Å². The highest BCUT2D eigenvalue weighted by Crippen LogP contribution is 2.16. The molecule has 2 heterocycles. The molecule has 0 atom stereocenters. The van der Waals surface area contributed by atoms with E-state index in [1.54, 1.807) is 27.7 Å². The lowest BCUT2D eigenvalue weighted by atomic mass is 10.2. The van der Waals surface area contributed by atoms with Crippen molar-refractivity contribution in [1.29, 1.82) is 0 Å². The van der Waals surface area contributed by atoms with Crippen LogP contribution >= 0.6 is 0 Å². The van der Waals surface area contributed by atoms with Gasteiger partial charge in [-0.25, -0.2) is 19.4 Å². The van der Waals surface area contributed by atoms with Gasteiger partial charge in [0.1, 0.15) is 36.6 Å². The first-order valence-electron chi connectivity index (χ1n) is 14.5. The van der Waals surface area contributed by atoms with Crippen molar-refractivity contribution in [2.75, 3.05) is 44.6 Å². The van der Waals surface area contributed by atoms with Crippen molar-refractivity contribution in [1.82, 2.24) is 35.1 Å². The molecule has 3 aromatic rings. The van der Waals surface area contributed by atoms with Crippen LogP contribution in [0.1, 0.15) is 39.7 Å². The Kier molecular flexibility index (Phi) is 12.7. The zero-order valence-electron chi connectivity index (χ0n) is 25.9. The van der Waals surface area contributed by atoms with Crippen LogP contribution < -0.4 is 21.6 Å². The van der Waals surface area contributed by atoms with Crippen LogP contribution in [0.2, 0.25) is 0 Å². The largest absolute Gasteiger partial charge is 0.465 e. The van der Waals surface area contributed by atoms with Crippen LogP contribution in [0.5, 0.6) is 0 Å². The Morgan fingerprint density at radius 1 is 1.00 bits per heavy atom. The summed E-state index contributed by atoms with van der Waals surface area (Å²) in [6, 6.07) is 9.32. The predicted octanol–water partition coefficient (Wildman–Crippen LogP) is 1.76. The summed E-state index contributed by atoms with van der Waals surface area (Å²) in [5, 5.41) is 8.30. The van der Waals surface area contributed by atoms with Gasteiger partial charge in [0.05, 0.1) is 12.9 Å². The standard InChI is InChI=1S/C29H40N8O8/c1-5-43-22(39)17-36(15-14-32-28(42)45-29(2,3)4)21(38)16-37-19-33-23-24(34-26(40)35-25(23)37)30-12-9-13-31-27(41)44-18-20-10-7-6-8-11-20/h6-8,10-11,19H,5,9,12-18H2,1-4H3,(H,31,41)(H,32,42)(H2,30,34,35,40). The number of carbonyl (C=O) groups excluding carboxylic acids is 4. The number of nitrogens with zero attached hydrogens (tertiary/aromatic N) is 4. The average Bonchev–Trinajstić information content (AvgIpc) is 3.37. The lowest BCUT2D eigenvalue weighted by Crippen LogP contribution is -2.44. The Hall–Kier alpha value is -5.15. The molecule has 3 rings (SSSR count). The van der Waals surface area contributed by atoms with Crippen molar-refractivity contribution in [3.05, 3.63) is 52.7 Å². The molecular formula is C29H40N8O8. The van der Waals surface area contributed by atoms with E-state index < -0.39 is 35.4 Å². The van der Waals surface area contributed by atoms with Gasteiger partial charge in [0, 0.05) is 26.2 Å². The number of carbonyl (C=O) groups is 4. The van der Waals surface area contributed by atoms with Gasteiger partial charge in [-0.05, 0) is 39.7 Å². The molecule has 0 fully saturated rings. The summed E-state index contributed by atoms with van der Waals surface area (Å²) in [6.07, 6.45) is 0.666. The lowest BCUT2D eigenvalue weighted by molar-refractivity contribution is -0.149. The van der Waals surface area contributed by atoms with Crippen molar-refractivity contribution >= 4 is 41.0 Å². The Morgan fingerprint density at radius 3 is 2.44 bits per heavy atom. The second-order valence-electron chi connectivity index (χ2n) is 10.8. The number of imidazole rings is 1. The Morgan fingerprint density at radius 2 is 1.73 bits per heavy atom. The number of anilines is 1. The SMILES string of the molecule is CCOC(=O)CN(CCNC(=O)OC(C)(C)C)C(=O)Cn1cnc2c(NCCCNC(=O)OCc3ccccc3)[nH]c(=O)nc21. The number of hydrogen-bond donors (Lipinski definition) is 4. The fraction of sp³-hybridized carbons (Fsp3) is 0.483. The molecule has 0 spiro atoms. The first-order chi connectivity index (χ1) is 21.4. The number of benzene rings is 1. The summed E-state index contributed by atoms with van der Waals surface area (Å²) in [4.78, 5) is 73.8. The number of ether oxygens (including phenoxy) is 3. The Labute approximate surface area is 259 Å². The third-order valence-corrected chi connectivity index (χ3v) is 5.96. The van der Waals surface area contributed by atoms with Crippen LogP contribution in [-0.2, 0) is 37.0 Å². The molecule has 45 heavy (non-hydrogen) atoms. The zero-order valence-corrected chi connectivity index (χ0v) is 25.9. The van der Waals surface area contributed by atoms with E-state index >= 15 is 0 Å². The molecule has 0 radical (unpaired) electrons. The second kappa shape index (κ2) is 16.6. The number of hydrogen-bond acceptors (Lipinski definition) is 11. The number of fused-ring (bicyclic) bond motifs is 1. The highest BCUT2D eigenvalue weighted by Gasteiger charge is 2.22. The number of alkyl carbamates (subject to hydrolysis) is 2. The van der Waals surface area contributed by atoms with Gasteiger partial charge >= 0.3 is 23.8 Å². The van der Waals surface area contributed by atoms with Gasteiger partial charge in [-0.1, -0.05) is 30.3 Å². The molecule has 0 aliphatic heterocycles.